The second-order valence-electron chi connectivity index (χ2n) is 10.5. The van der Waals surface area contributed by atoms with Crippen molar-refractivity contribution in [3.05, 3.63) is 0 Å². The van der Waals surface area contributed by atoms with Gasteiger partial charge < -0.3 is 29.0 Å². The number of hydrogen-bond donors (Lipinski definition) is 1. The third-order valence-corrected chi connectivity index (χ3v) is 6.72. The zero-order valence-electron chi connectivity index (χ0n) is 21.3. The number of likely N-dealkylation sites (tertiary alicyclic amines) is 1. The number of nitrogens with one attached hydrogen (secondary N) is 1. The van der Waals surface area contributed by atoms with Crippen molar-refractivity contribution in [1.82, 2.24) is 14.9 Å². The molecule has 1 atom stereocenters. The summed E-state index contributed by atoms with van der Waals surface area (Å²) in [6, 6.07) is -0.0123. The maximum Gasteiger partial charge on any atom is 0.504 e. The Kier molecular flexibility index (Phi) is 7.46. The fourth-order valence-electron chi connectivity index (χ4n) is 3.74. The lowest BCUT2D eigenvalue weighted by Gasteiger charge is -2.35. The summed E-state index contributed by atoms with van der Waals surface area (Å²) in [6.07, 6.45) is 3.37. The Morgan fingerprint density at radius 3 is 2.39 bits per heavy atom. The van der Waals surface area contributed by atoms with Gasteiger partial charge in [-0.3, -0.25) is 0 Å². The van der Waals surface area contributed by atoms with E-state index in [9.17, 15) is 4.79 Å². The van der Waals surface area contributed by atoms with E-state index in [1.54, 1.807) is 12.0 Å². The molecule has 0 aromatic carbocycles. The molecule has 1 unspecified atom stereocenters. The van der Waals surface area contributed by atoms with Gasteiger partial charge in [0.05, 0.1) is 23.8 Å². The number of carbonyl (C=O) groups excluding carboxylic acids is 1. The molecule has 1 aromatic rings. The molecule has 0 bridgehead atoms. The normalized spacial score (nSPS) is 22.3. The summed E-state index contributed by atoms with van der Waals surface area (Å²) < 4.78 is 23.8. The molecule has 2 saturated heterocycles. The fourth-order valence-corrected chi connectivity index (χ4v) is 4.10. The van der Waals surface area contributed by atoms with Gasteiger partial charge in [0.15, 0.2) is 5.16 Å². The first-order valence-corrected chi connectivity index (χ1v) is 12.6. The maximum absolute atomic E-state index is 12.6. The van der Waals surface area contributed by atoms with Crippen molar-refractivity contribution in [3.63, 3.8) is 0 Å². The third kappa shape index (κ3) is 5.86. The number of aromatic nitrogens is 2. The quantitative estimate of drug-likeness (QED) is 0.387. The van der Waals surface area contributed by atoms with E-state index < -0.39 is 23.9 Å². The van der Waals surface area contributed by atoms with Crippen molar-refractivity contribution in [2.24, 2.45) is 0 Å². The van der Waals surface area contributed by atoms with Gasteiger partial charge in [-0.05, 0) is 67.6 Å². The summed E-state index contributed by atoms with van der Waals surface area (Å²) in [5.74, 6) is 1.01. The number of amides is 1. The number of piperidine rings is 1. The molecule has 2 fully saturated rings. The van der Waals surface area contributed by atoms with Crippen LogP contribution in [0, 0.1) is 0 Å². The summed E-state index contributed by atoms with van der Waals surface area (Å²) in [7, 11) is 0.893. The first-order chi connectivity index (χ1) is 15.3. The van der Waals surface area contributed by atoms with E-state index in [2.05, 4.69) is 10.3 Å². The van der Waals surface area contributed by atoms with E-state index in [1.165, 1.54) is 11.8 Å². The van der Waals surface area contributed by atoms with Gasteiger partial charge in [-0.2, -0.15) is 4.98 Å². The molecule has 184 valence electrons. The van der Waals surface area contributed by atoms with Crippen LogP contribution in [0.4, 0.5) is 10.6 Å². The van der Waals surface area contributed by atoms with E-state index in [0.717, 1.165) is 12.8 Å². The Labute approximate surface area is 201 Å². The Hall–Kier alpha value is -1.72. The second-order valence-corrected chi connectivity index (χ2v) is 11.3. The van der Waals surface area contributed by atoms with Crippen molar-refractivity contribution < 1.29 is 23.6 Å². The predicted molar refractivity (Wildman–Crippen MR) is 131 cm³/mol. The van der Waals surface area contributed by atoms with Crippen LogP contribution in [-0.4, -0.2) is 77.4 Å². The summed E-state index contributed by atoms with van der Waals surface area (Å²) in [5.41, 5.74) is -0.940. The molecule has 1 N–H and O–H groups in total. The molecule has 0 radical (unpaired) electrons. The Bertz CT molecular complexity index is 861. The topological polar surface area (TPSA) is 95.0 Å². The van der Waals surface area contributed by atoms with E-state index in [4.69, 9.17) is 23.8 Å². The van der Waals surface area contributed by atoms with E-state index in [0.29, 0.717) is 35.4 Å². The maximum atomic E-state index is 12.6. The first-order valence-electron chi connectivity index (χ1n) is 11.4. The molecule has 2 aliphatic heterocycles. The average Bonchev–Trinajstić information content (AvgIpc) is 2.92. The molecular weight excluding hydrogens is 443 g/mol. The minimum Gasteiger partial charge on any atom is -0.481 e. The fraction of sp³-hybridized carbons (Fsp3) is 0.773. The molecule has 9 nitrogen and oxygen atoms in total. The number of nitrogens with zero attached hydrogens (tertiary/aromatic N) is 3. The Balaban J connectivity index is 1.88. The summed E-state index contributed by atoms with van der Waals surface area (Å²) >= 11 is 1.43. The highest BCUT2D eigenvalue weighted by Gasteiger charge is 2.54. The molecule has 1 amide bonds. The monoisotopic (exact) mass is 480 g/mol. The molecule has 11 heteroatoms. The number of ether oxygens (including phenoxy) is 2. The van der Waals surface area contributed by atoms with Crippen LogP contribution >= 0.6 is 11.8 Å². The largest absolute Gasteiger partial charge is 0.504 e. The molecule has 0 saturated carbocycles. The number of hydrogen-bond acceptors (Lipinski definition) is 9. The van der Waals surface area contributed by atoms with Gasteiger partial charge in [0, 0.05) is 19.1 Å². The summed E-state index contributed by atoms with van der Waals surface area (Å²) in [4.78, 5) is 23.6. The molecule has 2 aliphatic rings. The molecule has 1 aromatic heterocycles. The van der Waals surface area contributed by atoms with Crippen LogP contribution in [0.5, 0.6) is 5.88 Å². The van der Waals surface area contributed by atoms with Crippen molar-refractivity contribution in [2.45, 2.75) is 89.3 Å². The molecular formula is C22H37BN4O5S. The van der Waals surface area contributed by atoms with Crippen molar-refractivity contribution >= 4 is 36.3 Å². The van der Waals surface area contributed by atoms with Gasteiger partial charge in [0.2, 0.25) is 5.88 Å². The number of anilines is 1. The highest BCUT2D eigenvalue weighted by atomic mass is 32.2. The number of methoxy groups -OCH3 is 1. The molecule has 0 aliphatic carbocycles. The Morgan fingerprint density at radius 1 is 1.21 bits per heavy atom. The van der Waals surface area contributed by atoms with E-state index in [1.807, 2.05) is 54.7 Å². The number of carbonyl (C=O) groups is 1. The van der Waals surface area contributed by atoms with Crippen molar-refractivity contribution in [3.8, 4) is 5.88 Å². The summed E-state index contributed by atoms with van der Waals surface area (Å²) in [6.45, 7) is 14.8. The van der Waals surface area contributed by atoms with Gasteiger partial charge in [0.1, 0.15) is 11.4 Å². The molecule has 33 heavy (non-hydrogen) atoms. The lowest BCUT2D eigenvalue weighted by molar-refractivity contribution is 0.00578. The van der Waals surface area contributed by atoms with Crippen LogP contribution in [0.2, 0.25) is 0 Å². The smallest absolute Gasteiger partial charge is 0.481 e. The first kappa shape index (κ1) is 25.9. The minimum absolute atomic E-state index is 0.0123. The van der Waals surface area contributed by atoms with E-state index >= 15 is 0 Å². The Morgan fingerprint density at radius 2 is 1.85 bits per heavy atom. The highest BCUT2D eigenvalue weighted by molar-refractivity contribution is 7.98. The van der Waals surface area contributed by atoms with Gasteiger partial charge in [-0.25, -0.2) is 9.78 Å². The van der Waals surface area contributed by atoms with Crippen LogP contribution in [0.25, 0.3) is 0 Å². The standard InChI is InChI=1S/C22H37BN4O5S/c1-20(2,3)30-19(28)27-12-10-11-14(13-27)24-16-15(17(29-8)26-18(25-16)33-9)23-31-21(4,5)22(6,7)32-23/h14H,10-13H2,1-9H3,(H,24,25,26). The third-order valence-electron chi connectivity index (χ3n) is 6.17. The second kappa shape index (κ2) is 9.50. The van der Waals surface area contributed by atoms with Crippen molar-refractivity contribution in [2.75, 3.05) is 31.8 Å². The van der Waals surface area contributed by atoms with Crippen molar-refractivity contribution in [1.29, 1.82) is 0 Å². The highest BCUT2D eigenvalue weighted by Crippen LogP contribution is 2.38. The SMILES string of the molecule is COc1nc(SC)nc(NC2CCCN(C(=O)OC(C)(C)C)C2)c1B1OC(C)(C)C(C)(C)O1. The molecule has 3 rings (SSSR count). The van der Waals surface area contributed by atoms with Gasteiger partial charge in [-0.1, -0.05) is 11.8 Å². The zero-order chi connectivity index (χ0) is 24.6. The lowest BCUT2D eigenvalue weighted by atomic mass is 9.79. The van der Waals surface area contributed by atoms with Gasteiger partial charge >= 0.3 is 13.2 Å². The molecule has 3 heterocycles. The number of thioether (sulfide) groups is 1. The lowest BCUT2D eigenvalue weighted by Crippen LogP contribution is -2.48. The summed E-state index contributed by atoms with van der Waals surface area (Å²) in [5, 5.41) is 4.10. The van der Waals surface area contributed by atoms with Crippen LogP contribution in [-0.2, 0) is 14.0 Å². The van der Waals surface area contributed by atoms with Crippen LogP contribution in [0.15, 0.2) is 5.16 Å². The van der Waals surface area contributed by atoms with Gasteiger partial charge in [0.25, 0.3) is 0 Å². The van der Waals surface area contributed by atoms with Crippen LogP contribution in [0.3, 0.4) is 0 Å². The van der Waals surface area contributed by atoms with Gasteiger partial charge in [-0.15, -0.1) is 0 Å². The number of rotatable bonds is 5. The molecule has 0 spiro atoms. The average molecular weight is 480 g/mol. The predicted octanol–water partition coefficient (Wildman–Crippen LogP) is 3.32. The van der Waals surface area contributed by atoms with Crippen LogP contribution < -0.4 is 15.5 Å². The van der Waals surface area contributed by atoms with E-state index in [-0.39, 0.29) is 12.1 Å². The minimum atomic E-state index is -0.686. The zero-order valence-corrected chi connectivity index (χ0v) is 22.1. The van der Waals surface area contributed by atoms with Crippen LogP contribution in [0.1, 0.15) is 61.3 Å².